The van der Waals surface area contributed by atoms with Gasteiger partial charge in [-0.2, -0.15) is 9.97 Å². The van der Waals surface area contributed by atoms with Gasteiger partial charge in [0.2, 0.25) is 16.0 Å². The van der Waals surface area contributed by atoms with Crippen LogP contribution in [0.25, 0.3) is 11.2 Å². The van der Waals surface area contributed by atoms with Gasteiger partial charge in [-0.25, -0.2) is 17.7 Å². The summed E-state index contributed by atoms with van der Waals surface area (Å²) in [5.41, 5.74) is 7.77. The molecule has 0 bridgehead atoms. The second kappa shape index (κ2) is 12.4. The number of rotatable bonds is 7. The molecule has 2 aromatic rings. The van der Waals surface area contributed by atoms with Crippen LogP contribution in [0.2, 0.25) is 0 Å². The predicted molar refractivity (Wildman–Crippen MR) is 149 cm³/mol. The Hall–Kier alpha value is -1.40. The van der Waals surface area contributed by atoms with Gasteiger partial charge in [-0.1, -0.05) is 12.8 Å². The minimum Gasteiger partial charge on any atom is -0.365 e. The van der Waals surface area contributed by atoms with Gasteiger partial charge in [0.05, 0.1) is 12.1 Å². The molecule has 2 aromatic heterocycles. The molecule has 10 nitrogen and oxygen atoms in total. The predicted octanol–water partition coefficient (Wildman–Crippen LogP) is 3.69. The van der Waals surface area contributed by atoms with Gasteiger partial charge in [0.1, 0.15) is 0 Å². The topological polar surface area (TPSA) is 131 Å². The van der Waals surface area contributed by atoms with Crippen molar-refractivity contribution in [3.8, 4) is 0 Å². The van der Waals surface area contributed by atoms with Crippen LogP contribution in [0.1, 0.15) is 77.2 Å². The summed E-state index contributed by atoms with van der Waals surface area (Å²) in [6.07, 6.45) is 12.3. The summed E-state index contributed by atoms with van der Waals surface area (Å²) >= 11 is 0. The molecule has 0 aromatic carbocycles. The summed E-state index contributed by atoms with van der Waals surface area (Å²) in [6.45, 7) is 2.77. The van der Waals surface area contributed by atoms with Gasteiger partial charge >= 0.3 is 0 Å². The van der Waals surface area contributed by atoms with Crippen LogP contribution in [0, 0.1) is 0 Å². The van der Waals surface area contributed by atoms with E-state index in [2.05, 4.69) is 15.2 Å². The van der Waals surface area contributed by atoms with Crippen LogP contribution < -0.4 is 16.4 Å². The minimum atomic E-state index is -3.14. The number of nitrogens with two attached hydrogens (primary N) is 1. The second-order valence-electron chi connectivity index (χ2n) is 10.1. The number of hydrogen-bond donors (Lipinski definition) is 3. The van der Waals surface area contributed by atoms with Crippen LogP contribution in [0.4, 0.5) is 11.8 Å². The SMILES string of the molecule is CCS(=O)(=O)N1CCC(Nc2nc(N[C@H]3CC[C@H](N)CC3)nc3c2ncn3C2CCCC2)CC1.Cl.Cl. The zero-order chi connectivity index (χ0) is 23.7. The molecule has 2 saturated carbocycles. The molecule has 13 heteroatoms. The summed E-state index contributed by atoms with van der Waals surface area (Å²) < 4.78 is 28.3. The first-order chi connectivity index (χ1) is 16.4. The number of nitrogens with zero attached hydrogens (tertiary/aromatic N) is 5. The molecule has 5 rings (SSSR count). The Bertz CT molecular complexity index is 1090. The maximum absolute atomic E-state index is 12.2. The van der Waals surface area contributed by atoms with Crippen LogP contribution in [0.3, 0.4) is 0 Å². The van der Waals surface area contributed by atoms with Crippen molar-refractivity contribution in [2.75, 3.05) is 29.5 Å². The number of imidazole rings is 1. The lowest BCUT2D eigenvalue weighted by atomic mass is 9.92. The summed E-state index contributed by atoms with van der Waals surface area (Å²) in [4.78, 5) is 14.5. The van der Waals surface area contributed by atoms with E-state index < -0.39 is 10.0 Å². The van der Waals surface area contributed by atoms with Crippen LogP contribution in [-0.2, 0) is 10.0 Å². The van der Waals surface area contributed by atoms with Crippen molar-refractivity contribution in [2.45, 2.75) is 95.3 Å². The van der Waals surface area contributed by atoms with E-state index in [1.165, 1.54) is 12.8 Å². The quantitative estimate of drug-likeness (QED) is 0.465. The Morgan fingerprint density at radius 2 is 1.58 bits per heavy atom. The molecule has 204 valence electrons. The molecule has 3 aliphatic rings. The van der Waals surface area contributed by atoms with Crippen molar-refractivity contribution < 1.29 is 8.42 Å². The highest BCUT2D eigenvalue weighted by atomic mass is 35.5. The standard InChI is InChI=1S/C23H38N8O2S.2ClH/c1-2-34(32,33)30-13-11-18(12-14-30)26-21-20-22(31(15-25-20)19-5-3-4-6-19)29-23(28-21)27-17-9-7-16(24)8-10-17;;/h15-19H,2-14,24H2,1H3,(H2,26,27,28,29);2*1H/t16-,17-;;. The molecule has 3 fully saturated rings. The third kappa shape index (κ3) is 6.35. The first kappa shape index (κ1) is 29.2. The Labute approximate surface area is 226 Å². The number of nitrogens with one attached hydrogen (secondary N) is 2. The van der Waals surface area contributed by atoms with Gasteiger partial charge in [0.15, 0.2) is 17.0 Å². The Kier molecular flexibility index (Phi) is 10.1. The van der Waals surface area contributed by atoms with Gasteiger partial charge < -0.3 is 20.9 Å². The number of anilines is 2. The van der Waals surface area contributed by atoms with E-state index >= 15 is 0 Å². The molecule has 0 atom stereocenters. The van der Waals surface area contributed by atoms with Gasteiger partial charge in [-0.05, 0) is 58.3 Å². The highest BCUT2D eigenvalue weighted by molar-refractivity contribution is 7.89. The largest absolute Gasteiger partial charge is 0.365 e. The fraction of sp³-hybridized carbons (Fsp3) is 0.783. The maximum Gasteiger partial charge on any atom is 0.227 e. The fourth-order valence-electron chi connectivity index (χ4n) is 5.63. The average molecular weight is 564 g/mol. The summed E-state index contributed by atoms with van der Waals surface area (Å²) in [5, 5.41) is 7.16. The summed E-state index contributed by atoms with van der Waals surface area (Å²) in [5.74, 6) is 1.53. The van der Waals surface area contributed by atoms with Crippen molar-refractivity contribution in [2.24, 2.45) is 5.73 Å². The molecule has 0 amide bonds. The first-order valence-electron chi connectivity index (χ1n) is 12.9. The van der Waals surface area contributed by atoms with Crippen LogP contribution in [0.15, 0.2) is 6.33 Å². The molecule has 1 aliphatic heterocycles. The maximum atomic E-state index is 12.2. The van der Waals surface area contributed by atoms with Gasteiger partial charge in [-0.15, -0.1) is 24.8 Å². The molecule has 2 aliphatic carbocycles. The molecule has 0 unspecified atom stereocenters. The Morgan fingerprint density at radius 1 is 0.944 bits per heavy atom. The first-order valence-corrected chi connectivity index (χ1v) is 14.5. The smallest absolute Gasteiger partial charge is 0.227 e. The van der Waals surface area contributed by atoms with Gasteiger partial charge in [0.25, 0.3) is 0 Å². The third-order valence-electron chi connectivity index (χ3n) is 7.80. The lowest BCUT2D eigenvalue weighted by molar-refractivity contribution is 0.330. The molecule has 0 spiro atoms. The average Bonchev–Trinajstić information content (AvgIpc) is 3.51. The number of aromatic nitrogens is 4. The van der Waals surface area contributed by atoms with Crippen LogP contribution in [0.5, 0.6) is 0 Å². The van der Waals surface area contributed by atoms with E-state index in [4.69, 9.17) is 20.7 Å². The Morgan fingerprint density at radius 3 is 2.22 bits per heavy atom. The van der Waals surface area contributed by atoms with Crippen molar-refractivity contribution in [1.29, 1.82) is 0 Å². The van der Waals surface area contributed by atoms with Crippen molar-refractivity contribution in [3.05, 3.63) is 6.33 Å². The molecule has 0 radical (unpaired) electrons. The van der Waals surface area contributed by atoms with Crippen molar-refractivity contribution in [1.82, 2.24) is 23.8 Å². The number of halogens is 2. The monoisotopic (exact) mass is 562 g/mol. The second-order valence-corrected chi connectivity index (χ2v) is 12.4. The van der Waals surface area contributed by atoms with E-state index in [1.807, 2.05) is 6.33 Å². The molecule has 3 heterocycles. The van der Waals surface area contributed by atoms with Crippen LogP contribution in [-0.4, -0.2) is 69.2 Å². The fourth-order valence-corrected chi connectivity index (χ4v) is 6.76. The van der Waals surface area contributed by atoms with E-state index in [9.17, 15) is 8.42 Å². The molecule has 4 N–H and O–H groups in total. The van der Waals surface area contributed by atoms with E-state index in [1.54, 1.807) is 11.2 Å². The Balaban J connectivity index is 0.00000180. The number of piperidine rings is 1. The number of sulfonamides is 1. The molecular formula is C23H40Cl2N8O2S. The highest BCUT2D eigenvalue weighted by Gasteiger charge is 2.29. The lowest BCUT2D eigenvalue weighted by Crippen LogP contribution is -2.43. The highest BCUT2D eigenvalue weighted by Crippen LogP contribution is 2.34. The van der Waals surface area contributed by atoms with Gasteiger partial charge in [0, 0.05) is 37.3 Å². The zero-order valence-corrected chi connectivity index (χ0v) is 23.4. The van der Waals surface area contributed by atoms with Crippen LogP contribution >= 0.6 is 24.8 Å². The van der Waals surface area contributed by atoms with E-state index in [0.717, 1.165) is 68.3 Å². The lowest BCUT2D eigenvalue weighted by Gasteiger charge is -2.31. The summed E-state index contributed by atoms with van der Waals surface area (Å²) in [7, 11) is -3.14. The normalized spacial score (nSPS) is 24.3. The minimum absolute atomic E-state index is 0. The number of fused-ring (bicyclic) bond motifs is 1. The van der Waals surface area contributed by atoms with E-state index in [0.29, 0.717) is 37.2 Å². The zero-order valence-electron chi connectivity index (χ0n) is 20.9. The molecular weight excluding hydrogens is 523 g/mol. The molecule has 36 heavy (non-hydrogen) atoms. The van der Waals surface area contributed by atoms with Gasteiger partial charge in [-0.3, -0.25) is 0 Å². The molecule has 1 saturated heterocycles. The van der Waals surface area contributed by atoms with Crippen molar-refractivity contribution >= 4 is 57.8 Å². The van der Waals surface area contributed by atoms with Crippen molar-refractivity contribution in [3.63, 3.8) is 0 Å². The summed E-state index contributed by atoms with van der Waals surface area (Å²) in [6, 6.07) is 1.22. The third-order valence-corrected chi connectivity index (χ3v) is 9.68. The van der Waals surface area contributed by atoms with E-state index in [-0.39, 0.29) is 36.6 Å². The number of hydrogen-bond acceptors (Lipinski definition) is 8.